The number of hydrogen-bond acceptors (Lipinski definition) is 1. The van der Waals surface area contributed by atoms with Gasteiger partial charge in [0.05, 0.1) is 0 Å². The van der Waals surface area contributed by atoms with Crippen molar-refractivity contribution in [3.63, 3.8) is 0 Å². The maximum Gasteiger partial charge on any atom is 0.163 e. The van der Waals surface area contributed by atoms with Gasteiger partial charge in [0.15, 0.2) is 5.78 Å². The summed E-state index contributed by atoms with van der Waals surface area (Å²) in [5, 5.41) is 0. The van der Waals surface area contributed by atoms with E-state index in [-0.39, 0.29) is 0 Å². The SMILES string of the molecule is Cc1cc(C)cc(C(=O)CC2CC2)c1. The highest BCUT2D eigenvalue weighted by atomic mass is 16.1. The molecule has 0 aromatic heterocycles. The van der Waals surface area contributed by atoms with Crippen molar-refractivity contribution in [2.75, 3.05) is 0 Å². The van der Waals surface area contributed by atoms with Gasteiger partial charge in [-0.15, -0.1) is 0 Å². The quantitative estimate of drug-likeness (QED) is 0.665. The van der Waals surface area contributed by atoms with Crippen LogP contribution in [-0.2, 0) is 0 Å². The summed E-state index contributed by atoms with van der Waals surface area (Å²) in [6.07, 6.45) is 3.25. The molecule has 14 heavy (non-hydrogen) atoms. The minimum Gasteiger partial charge on any atom is -0.294 e. The van der Waals surface area contributed by atoms with E-state index in [2.05, 4.69) is 6.07 Å². The Labute approximate surface area is 85.1 Å². The van der Waals surface area contributed by atoms with E-state index in [0.717, 1.165) is 12.0 Å². The molecule has 1 saturated carbocycles. The second kappa shape index (κ2) is 3.56. The van der Waals surface area contributed by atoms with Crippen LogP contribution in [-0.4, -0.2) is 5.78 Å². The van der Waals surface area contributed by atoms with Gasteiger partial charge in [0.1, 0.15) is 0 Å². The van der Waals surface area contributed by atoms with Crippen LogP contribution in [0.4, 0.5) is 0 Å². The first kappa shape index (κ1) is 9.45. The maximum atomic E-state index is 11.8. The van der Waals surface area contributed by atoms with Crippen LogP contribution < -0.4 is 0 Å². The van der Waals surface area contributed by atoms with Crippen molar-refractivity contribution in [3.05, 3.63) is 34.9 Å². The summed E-state index contributed by atoms with van der Waals surface area (Å²) < 4.78 is 0. The molecule has 0 spiro atoms. The molecular weight excluding hydrogens is 172 g/mol. The Morgan fingerprint density at radius 2 is 1.79 bits per heavy atom. The summed E-state index contributed by atoms with van der Waals surface area (Å²) >= 11 is 0. The van der Waals surface area contributed by atoms with Gasteiger partial charge in [-0.1, -0.05) is 17.2 Å². The van der Waals surface area contributed by atoms with Gasteiger partial charge in [0, 0.05) is 12.0 Å². The second-order valence-electron chi connectivity index (χ2n) is 4.45. The fourth-order valence-corrected chi connectivity index (χ4v) is 1.84. The third-order valence-electron chi connectivity index (χ3n) is 2.71. The van der Waals surface area contributed by atoms with Gasteiger partial charge >= 0.3 is 0 Å². The average Bonchev–Trinajstić information content (AvgIpc) is 2.86. The first-order valence-corrected chi connectivity index (χ1v) is 5.26. The predicted octanol–water partition coefficient (Wildman–Crippen LogP) is 3.29. The van der Waals surface area contributed by atoms with Gasteiger partial charge in [0.25, 0.3) is 0 Å². The lowest BCUT2D eigenvalue weighted by Crippen LogP contribution is -2.00. The van der Waals surface area contributed by atoms with Crippen LogP contribution >= 0.6 is 0 Å². The molecule has 0 heterocycles. The lowest BCUT2D eigenvalue weighted by molar-refractivity contribution is 0.0976. The van der Waals surface area contributed by atoms with Crippen LogP contribution in [0.15, 0.2) is 18.2 Å². The zero-order chi connectivity index (χ0) is 10.1. The van der Waals surface area contributed by atoms with Crippen molar-refractivity contribution < 1.29 is 4.79 Å². The Balaban J connectivity index is 2.17. The Kier molecular flexibility index (Phi) is 2.40. The highest BCUT2D eigenvalue weighted by Crippen LogP contribution is 2.33. The Bertz CT molecular complexity index is 341. The first-order valence-electron chi connectivity index (χ1n) is 5.26. The van der Waals surface area contributed by atoms with Crippen LogP contribution in [0, 0.1) is 19.8 Å². The van der Waals surface area contributed by atoms with Gasteiger partial charge in [-0.25, -0.2) is 0 Å². The number of aryl methyl sites for hydroxylation is 2. The summed E-state index contributed by atoms with van der Waals surface area (Å²) in [5.41, 5.74) is 3.27. The molecule has 0 saturated heterocycles. The Morgan fingerprint density at radius 1 is 1.21 bits per heavy atom. The number of benzene rings is 1. The molecule has 1 aromatic carbocycles. The third kappa shape index (κ3) is 2.22. The number of hydrogen-bond donors (Lipinski definition) is 0. The zero-order valence-corrected chi connectivity index (χ0v) is 8.84. The van der Waals surface area contributed by atoms with Crippen LogP contribution in [0.2, 0.25) is 0 Å². The number of Topliss-reactive ketones (excluding diaryl/α,β-unsaturated/α-hetero) is 1. The summed E-state index contributed by atoms with van der Waals surface area (Å²) in [6.45, 7) is 4.09. The molecule has 2 rings (SSSR count). The highest BCUT2D eigenvalue weighted by molar-refractivity contribution is 5.96. The molecule has 0 aliphatic heterocycles. The number of ketones is 1. The maximum absolute atomic E-state index is 11.8. The number of carbonyl (C=O) groups is 1. The van der Waals surface area contributed by atoms with Crippen LogP contribution in [0.25, 0.3) is 0 Å². The van der Waals surface area contributed by atoms with E-state index in [1.165, 1.54) is 24.0 Å². The number of carbonyl (C=O) groups excluding carboxylic acids is 1. The highest BCUT2D eigenvalue weighted by Gasteiger charge is 2.24. The smallest absolute Gasteiger partial charge is 0.163 e. The summed E-state index contributed by atoms with van der Waals surface area (Å²) in [4.78, 5) is 11.8. The molecular formula is C13H16O. The molecule has 1 aromatic rings. The molecule has 1 heteroatoms. The first-order chi connectivity index (χ1) is 6.65. The molecule has 0 N–H and O–H groups in total. The van der Waals surface area contributed by atoms with Crippen molar-refractivity contribution in [3.8, 4) is 0 Å². The summed E-state index contributed by atoms with van der Waals surface area (Å²) in [6, 6.07) is 6.10. The molecule has 74 valence electrons. The Hall–Kier alpha value is -1.11. The second-order valence-corrected chi connectivity index (χ2v) is 4.45. The van der Waals surface area contributed by atoms with Gasteiger partial charge < -0.3 is 0 Å². The standard InChI is InChI=1S/C13H16O/c1-9-5-10(2)7-12(6-9)13(14)8-11-3-4-11/h5-7,11H,3-4,8H2,1-2H3. The fraction of sp³-hybridized carbons (Fsp3) is 0.462. The average molecular weight is 188 g/mol. The molecule has 1 nitrogen and oxygen atoms in total. The Morgan fingerprint density at radius 3 is 2.29 bits per heavy atom. The molecule has 0 atom stereocenters. The van der Waals surface area contributed by atoms with Crippen molar-refractivity contribution in [1.82, 2.24) is 0 Å². The summed E-state index contributed by atoms with van der Waals surface area (Å²) in [5.74, 6) is 1.00. The molecule has 1 aliphatic carbocycles. The van der Waals surface area contributed by atoms with Crippen LogP contribution in [0.5, 0.6) is 0 Å². The van der Waals surface area contributed by atoms with Crippen molar-refractivity contribution in [2.45, 2.75) is 33.1 Å². The summed E-state index contributed by atoms with van der Waals surface area (Å²) in [7, 11) is 0. The molecule has 0 amide bonds. The van der Waals surface area contributed by atoms with E-state index in [1.807, 2.05) is 26.0 Å². The zero-order valence-electron chi connectivity index (χ0n) is 8.84. The topological polar surface area (TPSA) is 17.1 Å². The molecule has 0 bridgehead atoms. The van der Waals surface area contributed by atoms with E-state index < -0.39 is 0 Å². The van der Waals surface area contributed by atoms with Crippen molar-refractivity contribution in [1.29, 1.82) is 0 Å². The van der Waals surface area contributed by atoms with Gasteiger partial charge in [-0.05, 0) is 44.7 Å². The van der Waals surface area contributed by atoms with E-state index in [9.17, 15) is 4.79 Å². The third-order valence-corrected chi connectivity index (χ3v) is 2.71. The molecule has 1 fully saturated rings. The van der Waals surface area contributed by atoms with Crippen LogP contribution in [0.3, 0.4) is 0 Å². The minimum absolute atomic E-state index is 0.319. The molecule has 0 radical (unpaired) electrons. The van der Waals surface area contributed by atoms with E-state index >= 15 is 0 Å². The lowest BCUT2D eigenvalue weighted by atomic mass is 10.0. The monoisotopic (exact) mass is 188 g/mol. The van der Waals surface area contributed by atoms with E-state index in [4.69, 9.17) is 0 Å². The van der Waals surface area contributed by atoms with Crippen molar-refractivity contribution >= 4 is 5.78 Å². The fourth-order valence-electron chi connectivity index (χ4n) is 1.84. The van der Waals surface area contributed by atoms with E-state index in [0.29, 0.717) is 11.7 Å². The predicted molar refractivity (Wildman–Crippen MR) is 57.6 cm³/mol. The van der Waals surface area contributed by atoms with Gasteiger partial charge in [-0.2, -0.15) is 0 Å². The van der Waals surface area contributed by atoms with Crippen molar-refractivity contribution in [2.24, 2.45) is 5.92 Å². The lowest BCUT2D eigenvalue weighted by Gasteiger charge is -2.03. The van der Waals surface area contributed by atoms with E-state index in [1.54, 1.807) is 0 Å². The molecule has 0 unspecified atom stereocenters. The minimum atomic E-state index is 0.319. The van der Waals surface area contributed by atoms with Gasteiger partial charge in [0.2, 0.25) is 0 Å². The number of rotatable bonds is 3. The largest absolute Gasteiger partial charge is 0.294 e. The van der Waals surface area contributed by atoms with Gasteiger partial charge in [-0.3, -0.25) is 4.79 Å². The van der Waals surface area contributed by atoms with Crippen LogP contribution in [0.1, 0.15) is 40.7 Å². The normalized spacial score (nSPS) is 15.6. The molecule has 1 aliphatic rings.